The summed E-state index contributed by atoms with van der Waals surface area (Å²) in [5.74, 6) is 0.0969. The van der Waals surface area contributed by atoms with Crippen molar-refractivity contribution in [2.24, 2.45) is 4.99 Å². The smallest absolute Gasteiger partial charge is 0.129 e. The highest BCUT2D eigenvalue weighted by Gasteiger charge is 2.05. The number of aliphatic hydroxyl groups is 1. The van der Waals surface area contributed by atoms with Crippen LogP contribution in [-0.4, -0.2) is 28.0 Å². The van der Waals surface area contributed by atoms with Crippen LogP contribution in [0.1, 0.15) is 22.4 Å². The van der Waals surface area contributed by atoms with Crippen LogP contribution < -0.4 is 0 Å². The first-order valence-corrected chi connectivity index (χ1v) is 6.54. The van der Waals surface area contributed by atoms with Gasteiger partial charge < -0.3 is 10.2 Å². The average molecular weight is 270 g/mol. The molecule has 20 heavy (non-hydrogen) atoms. The predicted molar refractivity (Wildman–Crippen MR) is 79.2 cm³/mol. The second-order valence-electron chi connectivity index (χ2n) is 4.63. The van der Waals surface area contributed by atoms with E-state index in [1.165, 1.54) is 0 Å². The zero-order valence-electron chi connectivity index (χ0n) is 11.5. The monoisotopic (exact) mass is 270 g/mol. The van der Waals surface area contributed by atoms with Crippen molar-refractivity contribution in [3.63, 3.8) is 0 Å². The van der Waals surface area contributed by atoms with Crippen molar-refractivity contribution in [3.8, 4) is 5.75 Å². The zero-order chi connectivity index (χ0) is 14.4. The molecule has 0 aliphatic carbocycles. The van der Waals surface area contributed by atoms with Gasteiger partial charge >= 0.3 is 0 Å². The quantitative estimate of drug-likeness (QED) is 0.819. The first kappa shape index (κ1) is 14.2. The lowest BCUT2D eigenvalue weighted by Crippen LogP contribution is -1.95. The summed E-state index contributed by atoms with van der Waals surface area (Å²) in [6.45, 7) is 2.35. The molecule has 0 fully saturated rings. The predicted octanol–water partition coefficient (Wildman–Crippen LogP) is 2.25. The average Bonchev–Trinajstić information content (AvgIpc) is 2.47. The van der Waals surface area contributed by atoms with E-state index >= 15 is 0 Å². The van der Waals surface area contributed by atoms with Gasteiger partial charge in [0.05, 0.1) is 6.61 Å². The van der Waals surface area contributed by atoms with Gasteiger partial charge in [-0.3, -0.25) is 9.98 Å². The molecule has 4 heteroatoms. The van der Waals surface area contributed by atoms with Crippen LogP contribution in [0.15, 0.2) is 41.5 Å². The van der Waals surface area contributed by atoms with Gasteiger partial charge in [-0.05, 0) is 30.7 Å². The number of aliphatic hydroxyl groups excluding tert-OH is 1. The fraction of sp³-hybridized carbons (Fsp3) is 0.250. The Balaban J connectivity index is 2.03. The highest BCUT2D eigenvalue weighted by molar-refractivity contribution is 5.84. The number of aliphatic imine (C=N–C) groups is 1. The number of hydrogen-bond acceptors (Lipinski definition) is 4. The van der Waals surface area contributed by atoms with E-state index in [-0.39, 0.29) is 12.4 Å². The molecule has 2 rings (SSSR count). The molecule has 0 bridgehead atoms. The van der Waals surface area contributed by atoms with Gasteiger partial charge in [0.2, 0.25) is 0 Å². The van der Waals surface area contributed by atoms with Gasteiger partial charge in [-0.15, -0.1) is 0 Å². The maximum atomic E-state index is 9.97. The van der Waals surface area contributed by atoms with Crippen LogP contribution in [0.25, 0.3) is 0 Å². The Kier molecular flexibility index (Phi) is 4.85. The molecular weight excluding hydrogens is 252 g/mol. The van der Waals surface area contributed by atoms with Crippen LogP contribution in [-0.2, 0) is 13.0 Å². The van der Waals surface area contributed by atoms with E-state index in [2.05, 4.69) is 9.98 Å². The lowest BCUT2D eigenvalue weighted by molar-refractivity contribution is 0.275. The molecule has 0 saturated carbocycles. The topological polar surface area (TPSA) is 65.7 Å². The summed E-state index contributed by atoms with van der Waals surface area (Å²) in [4.78, 5) is 8.53. The van der Waals surface area contributed by atoms with Crippen molar-refractivity contribution < 1.29 is 10.2 Å². The van der Waals surface area contributed by atoms with Crippen LogP contribution in [0, 0.1) is 6.92 Å². The van der Waals surface area contributed by atoms with Crippen molar-refractivity contribution in [2.45, 2.75) is 20.0 Å². The number of aromatic hydroxyl groups is 1. The Morgan fingerprint density at radius 1 is 1.30 bits per heavy atom. The molecule has 0 saturated heterocycles. The lowest BCUT2D eigenvalue weighted by Gasteiger charge is -2.06. The summed E-state index contributed by atoms with van der Waals surface area (Å²) in [5.41, 5.74) is 3.14. The van der Waals surface area contributed by atoms with Crippen LogP contribution >= 0.6 is 0 Å². The van der Waals surface area contributed by atoms with Gasteiger partial charge in [0, 0.05) is 42.2 Å². The number of aryl methyl sites for hydroxylation is 1. The largest absolute Gasteiger partial charge is 0.507 e. The Hall–Kier alpha value is -2.20. The highest BCUT2D eigenvalue weighted by atomic mass is 16.3. The number of phenols is 1. The lowest BCUT2D eigenvalue weighted by atomic mass is 10.1. The molecule has 0 aliphatic rings. The van der Waals surface area contributed by atoms with Gasteiger partial charge in [0.15, 0.2) is 0 Å². The van der Waals surface area contributed by atoms with E-state index in [4.69, 9.17) is 0 Å². The zero-order valence-corrected chi connectivity index (χ0v) is 11.5. The van der Waals surface area contributed by atoms with Crippen LogP contribution in [0.3, 0.4) is 0 Å². The number of aromatic nitrogens is 1. The summed E-state index contributed by atoms with van der Waals surface area (Å²) >= 11 is 0. The first-order valence-electron chi connectivity index (χ1n) is 6.54. The number of benzene rings is 1. The van der Waals surface area contributed by atoms with E-state index in [0.29, 0.717) is 17.7 Å². The van der Waals surface area contributed by atoms with E-state index in [9.17, 15) is 10.2 Å². The second kappa shape index (κ2) is 6.82. The molecule has 2 N–H and O–H groups in total. The first-order chi connectivity index (χ1) is 9.70. The van der Waals surface area contributed by atoms with Gasteiger partial charge in [-0.1, -0.05) is 12.1 Å². The molecule has 0 radical (unpaired) electrons. The maximum absolute atomic E-state index is 9.97. The molecule has 0 spiro atoms. The second-order valence-corrected chi connectivity index (χ2v) is 4.63. The van der Waals surface area contributed by atoms with Crippen LogP contribution in [0.5, 0.6) is 5.75 Å². The minimum Gasteiger partial charge on any atom is -0.507 e. The molecule has 4 nitrogen and oxygen atoms in total. The van der Waals surface area contributed by atoms with Crippen molar-refractivity contribution in [1.29, 1.82) is 0 Å². The normalized spacial score (nSPS) is 11.1. The third-order valence-electron chi connectivity index (χ3n) is 2.99. The van der Waals surface area contributed by atoms with E-state index in [1.807, 2.05) is 31.2 Å². The van der Waals surface area contributed by atoms with Crippen LogP contribution in [0.2, 0.25) is 0 Å². The van der Waals surface area contributed by atoms with Crippen molar-refractivity contribution in [3.05, 3.63) is 58.9 Å². The van der Waals surface area contributed by atoms with E-state index in [0.717, 1.165) is 17.7 Å². The number of pyridine rings is 1. The van der Waals surface area contributed by atoms with Gasteiger partial charge in [0.1, 0.15) is 5.75 Å². The molecule has 1 heterocycles. The van der Waals surface area contributed by atoms with Crippen molar-refractivity contribution in [1.82, 2.24) is 4.98 Å². The van der Waals surface area contributed by atoms with Gasteiger partial charge in [0.25, 0.3) is 0 Å². The molecule has 0 aliphatic heterocycles. The summed E-state index contributed by atoms with van der Waals surface area (Å²) in [6.07, 6.45) is 4.17. The minimum atomic E-state index is -0.178. The molecule has 104 valence electrons. The standard InChI is InChI=1S/C16H18N2O2/c1-12-8-13(16(20)14(9-12)11-19)10-17-7-5-15-4-2-3-6-18-15/h2-4,6,8-10,19-20H,5,7,11H2,1H3. The van der Waals surface area contributed by atoms with E-state index in [1.54, 1.807) is 18.5 Å². The van der Waals surface area contributed by atoms with Gasteiger partial charge in [-0.25, -0.2) is 0 Å². The third kappa shape index (κ3) is 3.65. The highest BCUT2D eigenvalue weighted by Crippen LogP contribution is 2.23. The minimum absolute atomic E-state index is 0.0969. The number of nitrogens with zero attached hydrogens (tertiary/aromatic N) is 2. The van der Waals surface area contributed by atoms with Crippen molar-refractivity contribution >= 4 is 6.21 Å². The van der Waals surface area contributed by atoms with Crippen molar-refractivity contribution in [2.75, 3.05) is 6.54 Å². The SMILES string of the molecule is Cc1cc(C=NCCc2ccccn2)c(O)c(CO)c1. The number of rotatable bonds is 5. The van der Waals surface area contributed by atoms with Gasteiger partial charge in [-0.2, -0.15) is 0 Å². The van der Waals surface area contributed by atoms with E-state index < -0.39 is 0 Å². The number of hydrogen-bond donors (Lipinski definition) is 2. The Morgan fingerprint density at radius 3 is 2.85 bits per heavy atom. The summed E-state index contributed by atoms with van der Waals surface area (Å²) in [7, 11) is 0. The molecule has 0 amide bonds. The molecular formula is C16H18N2O2. The Labute approximate surface area is 118 Å². The molecule has 0 unspecified atom stereocenters. The summed E-state index contributed by atoms with van der Waals surface area (Å²) in [6, 6.07) is 9.41. The Morgan fingerprint density at radius 2 is 2.15 bits per heavy atom. The fourth-order valence-corrected chi connectivity index (χ4v) is 1.99. The Bertz CT molecular complexity index is 595. The van der Waals surface area contributed by atoms with Crippen LogP contribution in [0.4, 0.5) is 0 Å². The fourth-order valence-electron chi connectivity index (χ4n) is 1.99. The molecule has 0 atom stereocenters. The molecule has 2 aromatic rings. The summed E-state index contributed by atoms with van der Waals surface area (Å²) in [5, 5.41) is 19.1. The molecule has 1 aromatic heterocycles. The third-order valence-corrected chi connectivity index (χ3v) is 2.99. The molecule has 1 aromatic carbocycles. The maximum Gasteiger partial charge on any atom is 0.129 e. The summed E-state index contributed by atoms with van der Waals surface area (Å²) < 4.78 is 0.